The highest BCUT2D eigenvalue weighted by molar-refractivity contribution is 8.00. The van der Waals surface area contributed by atoms with Crippen molar-refractivity contribution in [1.82, 2.24) is 40.0 Å². The van der Waals surface area contributed by atoms with E-state index < -0.39 is 40.4 Å². The minimum absolute atomic E-state index is 0.00686. The fourth-order valence-electron chi connectivity index (χ4n) is 5.33. The van der Waals surface area contributed by atoms with E-state index in [1.165, 1.54) is 52.7 Å². The van der Waals surface area contributed by atoms with Gasteiger partial charge in [-0.3, -0.25) is 14.4 Å². The summed E-state index contributed by atoms with van der Waals surface area (Å²) in [5.41, 5.74) is -1.26. The zero-order chi connectivity index (χ0) is 33.0. The number of oxime groups is 1. The van der Waals surface area contributed by atoms with E-state index in [0.29, 0.717) is 5.16 Å². The summed E-state index contributed by atoms with van der Waals surface area (Å²) in [6.45, 7) is 0.00686. The van der Waals surface area contributed by atoms with Crippen LogP contribution < -0.4 is 5.32 Å². The monoisotopic (exact) mass is 695 g/mol. The number of β-lactam (4-membered cyclic amide) rings is 1. The Bertz CT molecular complexity index is 1720. The molecule has 244 valence electrons. The van der Waals surface area contributed by atoms with E-state index in [0.717, 1.165) is 22.7 Å². The number of carbonyl (C=O) groups excluding carboxylic acids is 3. The summed E-state index contributed by atoms with van der Waals surface area (Å²) in [7, 11) is 4.34. The zero-order valence-electron chi connectivity index (χ0n) is 25.4. The van der Waals surface area contributed by atoms with Crippen molar-refractivity contribution >= 4 is 58.6 Å². The van der Waals surface area contributed by atoms with E-state index in [-0.39, 0.29) is 29.5 Å². The normalized spacial score (nSPS) is 22.4. The summed E-state index contributed by atoms with van der Waals surface area (Å²) in [4.78, 5) is 48.1. The average molecular weight is 696 g/mol. The first kappa shape index (κ1) is 32.5. The maximum absolute atomic E-state index is 14.4. The molecule has 2 unspecified atom stereocenters. The molecule has 4 aromatic rings. The summed E-state index contributed by atoms with van der Waals surface area (Å²) in [6.07, 6.45) is -0.686. The van der Waals surface area contributed by atoms with Gasteiger partial charge in [0.25, 0.3) is 17.5 Å². The summed E-state index contributed by atoms with van der Waals surface area (Å²) in [6, 6.07) is 19.0. The molecule has 3 atom stereocenters. The van der Waals surface area contributed by atoms with Gasteiger partial charge in [-0.2, -0.15) is 0 Å². The number of nitrogens with one attached hydrogen (secondary N) is 1. The second-order valence-corrected chi connectivity index (χ2v) is 13.3. The highest BCUT2D eigenvalue weighted by Crippen LogP contribution is 2.49. The predicted octanol–water partition coefficient (Wildman–Crippen LogP) is 1.90. The molecule has 2 fully saturated rings. The molecule has 0 saturated carbocycles. The molecule has 4 heterocycles. The highest BCUT2D eigenvalue weighted by Gasteiger charge is 2.68. The van der Waals surface area contributed by atoms with E-state index in [9.17, 15) is 14.4 Å². The maximum Gasteiger partial charge on any atom is 0.316 e. The number of carbonyl (C=O) groups is 3. The second-order valence-electron chi connectivity index (χ2n) is 10.7. The van der Waals surface area contributed by atoms with Gasteiger partial charge in [0.2, 0.25) is 5.16 Å². The number of esters is 1. The predicted molar refractivity (Wildman–Crippen MR) is 172 cm³/mol. The van der Waals surface area contributed by atoms with E-state index in [1.807, 2.05) is 60.7 Å². The quantitative estimate of drug-likeness (QED) is 0.0569. The number of ether oxygens (including phenoxy) is 2. The Morgan fingerprint density at radius 2 is 1.81 bits per heavy atom. The smallest absolute Gasteiger partial charge is 0.316 e. The molecular weight excluding hydrogens is 667 g/mol. The highest BCUT2D eigenvalue weighted by atomic mass is 32.2. The Labute approximate surface area is 281 Å². The molecule has 6 rings (SSSR count). The van der Waals surface area contributed by atoms with Crippen LogP contribution in [0.4, 0.5) is 0 Å². The largest absolute Gasteiger partial charge is 0.452 e. The van der Waals surface area contributed by atoms with Crippen molar-refractivity contribution in [1.29, 1.82) is 0 Å². The molecule has 2 saturated heterocycles. The summed E-state index contributed by atoms with van der Waals surface area (Å²) >= 11 is 3.63. The molecule has 2 aromatic carbocycles. The van der Waals surface area contributed by atoms with Crippen molar-refractivity contribution in [2.45, 2.75) is 22.4 Å². The van der Waals surface area contributed by atoms with E-state index in [2.05, 4.69) is 35.6 Å². The van der Waals surface area contributed by atoms with Gasteiger partial charge in [-0.25, -0.2) is 4.68 Å². The van der Waals surface area contributed by atoms with Crippen LogP contribution in [-0.4, -0.2) is 102 Å². The molecular formula is C29H29N9O6S3. The number of thioether (sulfide) groups is 2. The number of fused-ring (bicyclic) bond motifs is 1. The number of hydrogen-bond donors (Lipinski definition) is 1. The van der Waals surface area contributed by atoms with Gasteiger partial charge in [0.05, 0.1) is 0 Å². The molecule has 1 N–H and O–H groups in total. The molecule has 15 nitrogen and oxygen atoms in total. The fraction of sp³-hybridized carbons (Fsp3) is 0.345. The summed E-state index contributed by atoms with van der Waals surface area (Å²) in [5.74, 6) is -1.28. The fourth-order valence-corrected chi connectivity index (χ4v) is 8.56. The minimum atomic E-state index is -1.72. The first-order valence-corrected chi connectivity index (χ1v) is 17.0. The number of benzene rings is 2. The first-order chi connectivity index (χ1) is 22.8. The van der Waals surface area contributed by atoms with Crippen LogP contribution in [0.1, 0.15) is 22.9 Å². The Kier molecular flexibility index (Phi) is 9.53. The Morgan fingerprint density at radius 1 is 1.11 bits per heavy atom. The number of rotatable bonds is 12. The van der Waals surface area contributed by atoms with Crippen LogP contribution in [-0.2, 0) is 35.7 Å². The van der Waals surface area contributed by atoms with Crippen LogP contribution in [0.25, 0.3) is 0 Å². The molecule has 0 radical (unpaired) electrons. The van der Waals surface area contributed by atoms with E-state index >= 15 is 0 Å². The number of amides is 2. The SMILES string of the molecule is CON=C(C(=O)NC1(OC)C(=O)N2CC(CSc3nnnn3C)(C(=O)OC(c3ccccc3)c3ccccc3)CS[C@@H]21)c1csnn1. The standard InChI is InChI=1S/C29H29N9O6S3/c1-37-27(32-34-35-37)46-17-28(26(41)44-22(18-10-6-4-7-11-18)19-12-8-5-9-13-19)15-38-24(40)29(42-2,25(38)45-16-28)30-23(39)21(33-43-3)20-14-47-36-31-20/h4-14,22,25H,15-17H2,1-3H3,(H,30,39)/t25-,28?,29?/m1/s1. The average Bonchev–Trinajstić information content (AvgIpc) is 3.79. The van der Waals surface area contributed by atoms with E-state index in [1.54, 1.807) is 7.05 Å². The molecule has 2 aliphatic rings. The molecule has 2 amide bonds. The van der Waals surface area contributed by atoms with Crippen molar-refractivity contribution in [2.24, 2.45) is 17.6 Å². The minimum Gasteiger partial charge on any atom is -0.452 e. The van der Waals surface area contributed by atoms with Gasteiger partial charge < -0.3 is 24.5 Å². The summed E-state index contributed by atoms with van der Waals surface area (Å²) < 4.78 is 17.3. The molecule has 47 heavy (non-hydrogen) atoms. The van der Waals surface area contributed by atoms with Crippen LogP contribution in [0, 0.1) is 5.41 Å². The molecule has 0 aliphatic carbocycles. The molecule has 18 heteroatoms. The van der Waals surface area contributed by atoms with Crippen molar-refractivity contribution in [3.05, 3.63) is 82.9 Å². The van der Waals surface area contributed by atoms with E-state index in [4.69, 9.17) is 14.3 Å². The van der Waals surface area contributed by atoms with Crippen LogP contribution in [0.15, 0.2) is 76.4 Å². The van der Waals surface area contributed by atoms with Gasteiger partial charge in [-0.1, -0.05) is 82.1 Å². The molecule has 0 spiro atoms. The van der Waals surface area contributed by atoms with Crippen LogP contribution in [0.2, 0.25) is 0 Å². The number of tetrazole rings is 1. The molecule has 0 bridgehead atoms. The topological polar surface area (TPSA) is 176 Å². The van der Waals surface area contributed by atoms with Gasteiger partial charge >= 0.3 is 5.97 Å². The first-order valence-electron chi connectivity index (χ1n) is 14.2. The Morgan fingerprint density at radius 3 is 2.38 bits per heavy atom. The lowest BCUT2D eigenvalue weighted by atomic mass is 9.87. The molecule has 2 aromatic heterocycles. The second kappa shape index (κ2) is 13.8. The number of aromatic nitrogens is 6. The lowest BCUT2D eigenvalue weighted by Gasteiger charge is -2.59. The summed E-state index contributed by atoms with van der Waals surface area (Å²) in [5, 5.41) is 23.4. The third-order valence-corrected chi connectivity index (χ3v) is 11.2. The maximum atomic E-state index is 14.4. The van der Waals surface area contributed by atoms with Crippen molar-refractivity contribution in [3.63, 3.8) is 0 Å². The van der Waals surface area contributed by atoms with Crippen molar-refractivity contribution in [3.8, 4) is 0 Å². The van der Waals surface area contributed by atoms with Crippen LogP contribution in [0.3, 0.4) is 0 Å². The Hall–Kier alpha value is -4.39. The number of methoxy groups -OCH3 is 1. The number of hydrogen-bond acceptors (Lipinski definition) is 15. The van der Waals surface area contributed by atoms with Gasteiger partial charge in [-0.15, -0.1) is 22.0 Å². The van der Waals surface area contributed by atoms with Crippen LogP contribution in [0.5, 0.6) is 0 Å². The lowest BCUT2D eigenvalue weighted by Crippen LogP contribution is -2.83. The lowest BCUT2D eigenvalue weighted by molar-refractivity contribution is -0.200. The Balaban J connectivity index is 1.27. The number of nitrogens with zero attached hydrogens (tertiary/aromatic N) is 8. The third kappa shape index (κ3) is 6.20. The van der Waals surface area contributed by atoms with Crippen LogP contribution >= 0.6 is 35.1 Å². The zero-order valence-corrected chi connectivity index (χ0v) is 27.8. The number of aryl methyl sites for hydroxylation is 1. The van der Waals surface area contributed by atoms with Crippen molar-refractivity contribution in [2.75, 3.05) is 32.3 Å². The van der Waals surface area contributed by atoms with Gasteiger partial charge in [0.1, 0.15) is 23.6 Å². The van der Waals surface area contributed by atoms with Crippen molar-refractivity contribution < 1.29 is 28.7 Å². The van der Waals surface area contributed by atoms with Gasteiger partial charge in [0, 0.05) is 37.6 Å². The molecule has 2 aliphatic heterocycles. The third-order valence-electron chi connectivity index (χ3n) is 7.74. The van der Waals surface area contributed by atoms with Gasteiger partial charge in [0.15, 0.2) is 11.8 Å². The van der Waals surface area contributed by atoms with Gasteiger partial charge in [-0.05, 0) is 33.1 Å².